The van der Waals surface area contributed by atoms with Crippen molar-refractivity contribution in [1.82, 2.24) is 4.90 Å². The number of carbonyl (C=O) groups excluding carboxylic acids is 1. The quantitative estimate of drug-likeness (QED) is 0.807. The molecule has 2 N–H and O–H groups in total. The lowest BCUT2D eigenvalue weighted by Gasteiger charge is -2.36. The summed E-state index contributed by atoms with van der Waals surface area (Å²) in [7, 11) is 1.56. The maximum Gasteiger partial charge on any atom is 0.257 e. The minimum atomic E-state index is -0.493. The minimum Gasteiger partial charge on any atom is -0.497 e. The molecule has 0 bridgehead atoms. The van der Waals surface area contributed by atoms with Crippen molar-refractivity contribution in [1.29, 1.82) is 5.26 Å². The first-order valence-corrected chi connectivity index (χ1v) is 8.24. The van der Waals surface area contributed by atoms with E-state index in [9.17, 15) is 10.1 Å². The number of benzene rings is 1. The molecule has 1 aromatic carbocycles. The molecule has 2 rings (SSSR count). The molecular weight excluding hydrogens is 306 g/mol. The molecule has 0 aliphatic carbocycles. The van der Waals surface area contributed by atoms with Gasteiger partial charge in [-0.15, -0.1) is 0 Å². The monoisotopic (exact) mass is 331 g/mol. The Hall–Kier alpha value is -2.26. The van der Waals surface area contributed by atoms with Crippen molar-refractivity contribution in [2.75, 3.05) is 33.4 Å². The molecule has 1 amide bonds. The molecule has 1 aliphatic rings. The molecule has 1 heterocycles. The van der Waals surface area contributed by atoms with E-state index in [0.717, 1.165) is 19.3 Å². The zero-order chi connectivity index (χ0) is 17.6. The molecule has 1 aliphatic heterocycles. The van der Waals surface area contributed by atoms with Gasteiger partial charge in [0, 0.05) is 13.1 Å². The summed E-state index contributed by atoms with van der Waals surface area (Å²) in [6, 6.07) is 7.54. The molecule has 1 saturated heterocycles. The van der Waals surface area contributed by atoms with Crippen molar-refractivity contribution < 1.29 is 14.3 Å². The van der Waals surface area contributed by atoms with E-state index in [-0.39, 0.29) is 5.91 Å². The van der Waals surface area contributed by atoms with Crippen molar-refractivity contribution in [3.63, 3.8) is 0 Å². The summed E-state index contributed by atoms with van der Waals surface area (Å²) in [6.07, 6.45) is 2.35. The fraction of sp³-hybridized carbons (Fsp3) is 0.556. The van der Waals surface area contributed by atoms with E-state index in [1.165, 1.54) is 0 Å². The number of ether oxygens (including phenoxy) is 2. The Balaban J connectivity index is 2.24. The van der Waals surface area contributed by atoms with Gasteiger partial charge in [-0.1, -0.05) is 0 Å². The van der Waals surface area contributed by atoms with E-state index >= 15 is 0 Å². The van der Waals surface area contributed by atoms with Gasteiger partial charge in [0.1, 0.15) is 11.5 Å². The smallest absolute Gasteiger partial charge is 0.257 e. The van der Waals surface area contributed by atoms with Gasteiger partial charge in [-0.05, 0) is 50.9 Å². The van der Waals surface area contributed by atoms with E-state index in [2.05, 4.69) is 6.07 Å². The number of amides is 1. The zero-order valence-corrected chi connectivity index (χ0v) is 14.4. The van der Waals surface area contributed by atoms with Gasteiger partial charge in [0.2, 0.25) is 0 Å². The standard InChI is InChI=1S/C18H25N3O3/c1-18(12-20)7-3-9-21(13-18)17(22)15-11-14(23-2)5-6-16(15)24-10-4-8-19/h5-6,11H,3-4,7-10,13,19H2,1-2H3. The number of rotatable bonds is 6. The van der Waals surface area contributed by atoms with Crippen LogP contribution < -0.4 is 15.2 Å². The van der Waals surface area contributed by atoms with Crippen LogP contribution in [0.5, 0.6) is 11.5 Å². The van der Waals surface area contributed by atoms with Gasteiger partial charge in [-0.3, -0.25) is 4.79 Å². The summed E-state index contributed by atoms with van der Waals surface area (Å²) < 4.78 is 11.0. The normalized spacial score (nSPS) is 20.3. The second-order valence-corrected chi connectivity index (χ2v) is 6.36. The van der Waals surface area contributed by atoms with E-state index in [0.29, 0.717) is 43.3 Å². The molecule has 1 unspecified atom stereocenters. The third-order valence-corrected chi connectivity index (χ3v) is 4.28. The van der Waals surface area contributed by atoms with Crippen molar-refractivity contribution in [3.8, 4) is 17.6 Å². The molecule has 0 aromatic heterocycles. The first kappa shape index (κ1) is 18.1. The Morgan fingerprint density at radius 2 is 2.29 bits per heavy atom. The molecule has 0 saturated carbocycles. The number of hydrogen-bond acceptors (Lipinski definition) is 5. The van der Waals surface area contributed by atoms with Gasteiger partial charge >= 0.3 is 0 Å². The van der Waals surface area contributed by atoms with Crippen LogP contribution in [0.15, 0.2) is 18.2 Å². The second-order valence-electron chi connectivity index (χ2n) is 6.36. The zero-order valence-electron chi connectivity index (χ0n) is 14.4. The third-order valence-electron chi connectivity index (χ3n) is 4.28. The first-order valence-electron chi connectivity index (χ1n) is 8.24. The highest BCUT2D eigenvalue weighted by Crippen LogP contribution is 2.32. The highest BCUT2D eigenvalue weighted by Gasteiger charge is 2.34. The van der Waals surface area contributed by atoms with Crippen molar-refractivity contribution >= 4 is 5.91 Å². The number of hydrogen-bond donors (Lipinski definition) is 1. The number of likely N-dealkylation sites (tertiary alicyclic amines) is 1. The second kappa shape index (κ2) is 8.02. The lowest BCUT2D eigenvalue weighted by molar-refractivity contribution is 0.0625. The van der Waals surface area contributed by atoms with Crippen LogP contribution in [0, 0.1) is 16.7 Å². The van der Waals surface area contributed by atoms with Gasteiger partial charge in [0.15, 0.2) is 0 Å². The summed E-state index contributed by atoms with van der Waals surface area (Å²) >= 11 is 0. The summed E-state index contributed by atoms with van der Waals surface area (Å²) in [6.45, 7) is 3.97. The molecule has 130 valence electrons. The Bertz CT molecular complexity index is 626. The third kappa shape index (κ3) is 4.18. The topological polar surface area (TPSA) is 88.6 Å². The summed E-state index contributed by atoms with van der Waals surface area (Å²) in [5.74, 6) is 1.00. The Morgan fingerprint density at radius 3 is 2.96 bits per heavy atom. The van der Waals surface area contributed by atoms with Crippen LogP contribution in [-0.4, -0.2) is 44.2 Å². The number of methoxy groups -OCH3 is 1. The van der Waals surface area contributed by atoms with Gasteiger partial charge in [-0.25, -0.2) is 0 Å². The van der Waals surface area contributed by atoms with Crippen LogP contribution in [-0.2, 0) is 0 Å². The number of nitrogens with zero attached hydrogens (tertiary/aromatic N) is 2. The maximum absolute atomic E-state index is 13.0. The molecule has 0 radical (unpaired) electrons. The van der Waals surface area contributed by atoms with E-state index in [1.54, 1.807) is 30.2 Å². The number of nitrogens with two attached hydrogens (primary N) is 1. The molecule has 6 nitrogen and oxygen atoms in total. The van der Waals surface area contributed by atoms with Crippen LogP contribution in [0.1, 0.15) is 36.5 Å². The molecule has 1 fully saturated rings. The number of piperidine rings is 1. The van der Waals surface area contributed by atoms with Gasteiger partial charge in [0.25, 0.3) is 5.91 Å². The average molecular weight is 331 g/mol. The van der Waals surface area contributed by atoms with Crippen molar-refractivity contribution in [2.45, 2.75) is 26.2 Å². The molecular formula is C18H25N3O3. The molecule has 6 heteroatoms. The van der Waals surface area contributed by atoms with Crippen molar-refractivity contribution in [3.05, 3.63) is 23.8 Å². The highest BCUT2D eigenvalue weighted by atomic mass is 16.5. The largest absolute Gasteiger partial charge is 0.497 e. The Morgan fingerprint density at radius 1 is 1.50 bits per heavy atom. The lowest BCUT2D eigenvalue weighted by atomic mass is 9.83. The lowest BCUT2D eigenvalue weighted by Crippen LogP contribution is -2.44. The van der Waals surface area contributed by atoms with Crippen LogP contribution in [0.3, 0.4) is 0 Å². The molecule has 0 spiro atoms. The summed E-state index contributed by atoms with van der Waals surface area (Å²) in [4.78, 5) is 14.7. The predicted octanol–water partition coefficient (Wildman–Crippen LogP) is 2.19. The van der Waals surface area contributed by atoms with E-state index < -0.39 is 5.41 Å². The summed E-state index contributed by atoms with van der Waals surface area (Å²) in [5.41, 5.74) is 5.47. The summed E-state index contributed by atoms with van der Waals surface area (Å²) in [5, 5.41) is 9.36. The van der Waals surface area contributed by atoms with Gasteiger partial charge in [-0.2, -0.15) is 5.26 Å². The molecule has 24 heavy (non-hydrogen) atoms. The van der Waals surface area contributed by atoms with Gasteiger partial charge < -0.3 is 20.1 Å². The fourth-order valence-corrected chi connectivity index (χ4v) is 2.87. The van der Waals surface area contributed by atoms with Crippen LogP contribution in [0.2, 0.25) is 0 Å². The van der Waals surface area contributed by atoms with Crippen LogP contribution >= 0.6 is 0 Å². The van der Waals surface area contributed by atoms with Gasteiger partial charge in [0.05, 0.1) is 30.8 Å². The minimum absolute atomic E-state index is 0.127. The number of carbonyl (C=O) groups is 1. The predicted molar refractivity (Wildman–Crippen MR) is 91.0 cm³/mol. The van der Waals surface area contributed by atoms with Crippen LogP contribution in [0.4, 0.5) is 0 Å². The molecule has 1 atom stereocenters. The first-order chi connectivity index (χ1) is 11.5. The SMILES string of the molecule is COc1ccc(OCCCN)c(C(=O)N2CCCC(C)(C#N)C2)c1. The Kier molecular flexibility index (Phi) is 6.04. The van der Waals surface area contributed by atoms with Crippen molar-refractivity contribution in [2.24, 2.45) is 11.1 Å². The van der Waals surface area contributed by atoms with E-state index in [4.69, 9.17) is 15.2 Å². The van der Waals surface area contributed by atoms with Crippen LogP contribution in [0.25, 0.3) is 0 Å². The van der Waals surface area contributed by atoms with E-state index in [1.807, 2.05) is 6.92 Å². The molecule has 1 aromatic rings. The fourth-order valence-electron chi connectivity index (χ4n) is 2.87. The Labute approximate surface area is 143 Å². The maximum atomic E-state index is 13.0. The number of nitriles is 1. The average Bonchev–Trinajstić information content (AvgIpc) is 2.61. The highest BCUT2D eigenvalue weighted by molar-refractivity contribution is 5.97.